The van der Waals surface area contributed by atoms with Gasteiger partial charge in [-0.2, -0.15) is 0 Å². The number of aliphatic hydroxyl groups excluding tert-OH is 1. The fraction of sp³-hybridized carbons (Fsp3) is 0.179. The molecule has 1 unspecified atom stereocenters. The Morgan fingerprint density at radius 1 is 0.973 bits per heavy atom. The minimum atomic E-state index is -1.49. The monoisotopic (exact) mass is 504 g/mol. The van der Waals surface area contributed by atoms with Crippen molar-refractivity contribution in [1.29, 1.82) is 0 Å². The number of fused-ring (bicyclic) bond motifs is 1. The molecular formula is C28H23F3N4O2. The second-order valence-corrected chi connectivity index (χ2v) is 8.76. The maximum Gasteiger partial charge on any atom is 0.251 e. The first-order chi connectivity index (χ1) is 17.9. The van der Waals surface area contributed by atoms with Crippen molar-refractivity contribution in [2.24, 2.45) is 0 Å². The average Bonchev–Trinajstić information content (AvgIpc) is 3.35. The van der Waals surface area contributed by atoms with E-state index in [0.717, 1.165) is 28.9 Å². The van der Waals surface area contributed by atoms with E-state index in [1.807, 2.05) is 17.0 Å². The van der Waals surface area contributed by atoms with Gasteiger partial charge in [0, 0.05) is 36.7 Å². The molecule has 3 heterocycles. The van der Waals surface area contributed by atoms with Gasteiger partial charge in [0.25, 0.3) is 5.91 Å². The van der Waals surface area contributed by atoms with Crippen LogP contribution in [0.4, 0.5) is 24.7 Å². The molecule has 9 heteroatoms. The first-order valence-electron chi connectivity index (χ1n) is 11.8. The second kappa shape index (κ2) is 10.4. The number of benzene rings is 2. The van der Waals surface area contributed by atoms with Crippen molar-refractivity contribution < 1.29 is 23.1 Å². The zero-order valence-corrected chi connectivity index (χ0v) is 19.7. The Kier molecular flexibility index (Phi) is 6.87. The number of rotatable bonds is 7. The van der Waals surface area contributed by atoms with E-state index in [0.29, 0.717) is 35.6 Å². The highest BCUT2D eigenvalue weighted by Gasteiger charge is 2.26. The molecule has 0 radical (unpaired) electrons. The predicted octanol–water partition coefficient (Wildman–Crippen LogP) is 4.64. The fourth-order valence-electron chi connectivity index (χ4n) is 4.51. The summed E-state index contributed by atoms with van der Waals surface area (Å²) in [6.45, 7) is 0.615. The summed E-state index contributed by atoms with van der Waals surface area (Å²) in [5, 5.41) is 13.1. The molecule has 1 aliphatic rings. The minimum Gasteiger partial charge on any atom is -0.385 e. The van der Waals surface area contributed by atoms with Crippen LogP contribution >= 0.6 is 0 Å². The van der Waals surface area contributed by atoms with Crippen molar-refractivity contribution >= 4 is 17.4 Å². The molecule has 2 aromatic heterocycles. The molecule has 188 valence electrons. The van der Waals surface area contributed by atoms with Crippen molar-refractivity contribution in [1.82, 2.24) is 15.3 Å². The Hall–Kier alpha value is -4.24. The molecular weight excluding hydrogens is 481 g/mol. The van der Waals surface area contributed by atoms with Crippen molar-refractivity contribution in [2.75, 3.05) is 18.0 Å². The number of carbonyl (C=O) groups excluding carboxylic acids is 1. The lowest BCUT2D eigenvalue weighted by Gasteiger charge is -2.19. The first kappa shape index (κ1) is 24.5. The van der Waals surface area contributed by atoms with Gasteiger partial charge in [0.1, 0.15) is 11.9 Å². The van der Waals surface area contributed by atoms with Gasteiger partial charge in [-0.25, -0.2) is 18.2 Å². The van der Waals surface area contributed by atoms with E-state index in [1.54, 1.807) is 48.8 Å². The summed E-state index contributed by atoms with van der Waals surface area (Å²) in [4.78, 5) is 23.5. The predicted molar refractivity (Wildman–Crippen MR) is 132 cm³/mol. The van der Waals surface area contributed by atoms with Crippen LogP contribution in [0.15, 0.2) is 73.1 Å². The number of aliphatic hydroxyl groups is 1. The molecule has 2 aromatic carbocycles. The molecule has 0 saturated heterocycles. The van der Waals surface area contributed by atoms with Crippen LogP contribution in [0.1, 0.15) is 38.8 Å². The third kappa shape index (κ3) is 5.17. The van der Waals surface area contributed by atoms with Crippen LogP contribution in [-0.2, 0) is 12.8 Å². The number of nitrogens with one attached hydrogen (secondary N) is 1. The van der Waals surface area contributed by atoms with Crippen LogP contribution in [0.3, 0.4) is 0 Å². The summed E-state index contributed by atoms with van der Waals surface area (Å²) < 4.78 is 40.6. The number of carbonyl (C=O) groups is 1. The van der Waals surface area contributed by atoms with E-state index in [2.05, 4.69) is 15.3 Å². The summed E-state index contributed by atoms with van der Waals surface area (Å²) in [5.74, 6) is -3.61. The summed E-state index contributed by atoms with van der Waals surface area (Å²) in [6.07, 6.45) is 3.08. The number of aromatic nitrogens is 2. The number of amides is 1. The van der Waals surface area contributed by atoms with Crippen molar-refractivity contribution in [3.63, 3.8) is 0 Å². The van der Waals surface area contributed by atoms with Crippen LogP contribution in [-0.4, -0.2) is 34.1 Å². The number of halogens is 3. The summed E-state index contributed by atoms with van der Waals surface area (Å²) >= 11 is 0. The van der Waals surface area contributed by atoms with Gasteiger partial charge in [-0.15, -0.1) is 0 Å². The lowest BCUT2D eigenvalue weighted by molar-refractivity contribution is 0.0913. The molecule has 6 nitrogen and oxygen atoms in total. The quantitative estimate of drug-likeness (QED) is 0.359. The van der Waals surface area contributed by atoms with E-state index in [-0.39, 0.29) is 18.9 Å². The van der Waals surface area contributed by atoms with Crippen LogP contribution in [0.5, 0.6) is 0 Å². The topological polar surface area (TPSA) is 78.3 Å². The Morgan fingerprint density at radius 2 is 1.78 bits per heavy atom. The second-order valence-electron chi connectivity index (χ2n) is 8.76. The molecule has 1 aliphatic heterocycles. The molecule has 37 heavy (non-hydrogen) atoms. The summed E-state index contributed by atoms with van der Waals surface area (Å²) in [7, 11) is 0. The van der Waals surface area contributed by atoms with Crippen LogP contribution in [0.25, 0.3) is 0 Å². The normalized spacial score (nSPS) is 13.4. The highest BCUT2D eigenvalue weighted by Crippen LogP contribution is 2.36. The highest BCUT2D eigenvalue weighted by atomic mass is 19.2. The van der Waals surface area contributed by atoms with Gasteiger partial charge in [0.05, 0.1) is 5.69 Å². The Bertz CT molecular complexity index is 1430. The molecule has 0 saturated carbocycles. The molecule has 5 rings (SSSR count). The lowest BCUT2D eigenvalue weighted by atomic mass is 10.0. The maximum absolute atomic E-state index is 13.6. The van der Waals surface area contributed by atoms with Gasteiger partial charge in [0.15, 0.2) is 17.5 Å². The van der Waals surface area contributed by atoms with Gasteiger partial charge >= 0.3 is 0 Å². The largest absolute Gasteiger partial charge is 0.385 e. The number of hydrogen-bond acceptors (Lipinski definition) is 5. The van der Waals surface area contributed by atoms with Gasteiger partial charge in [0.2, 0.25) is 0 Å². The first-order valence-corrected chi connectivity index (χ1v) is 11.8. The summed E-state index contributed by atoms with van der Waals surface area (Å²) in [5.41, 5.74) is 3.75. The SMILES string of the molecule is O=C(NCC(O)c1ccccn1)c1cccc2c1CCN2c1cc(Cc2cc(F)c(F)c(F)c2)ccn1. The number of anilines is 2. The minimum absolute atomic E-state index is 0.0252. The molecule has 2 N–H and O–H groups in total. The molecule has 1 amide bonds. The van der Waals surface area contributed by atoms with E-state index < -0.39 is 23.6 Å². The zero-order chi connectivity index (χ0) is 25.9. The smallest absolute Gasteiger partial charge is 0.251 e. The highest BCUT2D eigenvalue weighted by molar-refractivity contribution is 5.98. The van der Waals surface area contributed by atoms with Gasteiger partial charge < -0.3 is 15.3 Å². The van der Waals surface area contributed by atoms with E-state index in [1.165, 1.54) is 0 Å². The Labute approximate surface area is 211 Å². The van der Waals surface area contributed by atoms with Crippen LogP contribution in [0, 0.1) is 17.5 Å². The van der Waals surface area contributed by atoms with Gasteiger partial charge in [-0.05, 0) is 78.1 Å². The molecule has 0 fully saturated rings. The third-order valence-electron chi connectivity index (χ3n) is 6.30. The maximum atomic E-state index is 13.6. The Balaban J connectivity index is 1.33. The van der Waals surface area contributed by atoms with Gasteiger partial charge in [-0.3, -0.25) is 9.78 Å². The third-order valence-corrected chi connectivity index (χ3v) is 6.30. The van der Waals surface area contributed by atoms with Crippen molar-refractivity contribution in [2.45, 2.75) is 18.9 Å². The van der Waals surface area contributed by atoms with Gasteiger partial charge in [-0.1, -0.05) is 12.1 Å². The standard InChI is InChI=1S/C28H23F3N4O2/c29-21-13-18(14-22(30)27(21)31)12-17-7-10-33-26(15-17)35-11-8-19-20(4-3-6-24(19)35)28(37)34-16-25(36)23-5-1-2-9-32-23/h1-7,9-10,13-15,25,36H,8,11-12,16H2,(H,34,37). The Morgan fingerprint density at radius 3 is 2.54 bits per heavy atom. The van der Waals surface area contributed by atoms with Crippen molar-refractivity contribution in [3.8, 4) is 0 Å². The zero-order valence-electron chi connectivity index (χ0n) is 19.7. The lowest BCUT2D eigenvalue weighted by Crippen LogP contribution is -2.29. The van der Waals surface area contributed by atoms with E-state index >= 15 is 0 Å². The fourth-order valence-corrected chi connectivity index (χ4v) is 4.51. The molecule has 1 atom stereocenters. The number of nitrogens with zero attached hydrogens (tertiary/aromatic N) is 3. The number of pyridine rings is 2. The van der Waals surface area contributed by atoms with E-state index in [9.17, 15) is 23.1 Å². The van der Waals surface area contributed by atoms with E-state index in [4.69, 9.17) is 0 Å². The number of hydrogen-bond donors (Lipinski definition) is 2. The molecule has 4 aromatic rings. The summed E-state index contributed by atoms with van der Waals surface area (Å²) in [6, 6.07) is 16.2. The van der Waals surface area contributed by atoms with Crippen LogP contribution in [0.2, 0.25) is 0 Å². The molecule has 0 spiro atoms. The van der Waals surface area contributed by atoms with Crippen LogP contribution < -0.4 is 10.2 Å². The molecule has 0 aliphatic carbocycles. The molecule has 0 bridgehead atoms. The van der Waals surface area contributed by atoms with Crippen molar-refractivity contribution in [3.05, 3.63) is 118 Å². The average molecular weight is 505 g/mol.